The van der Waals surface area contributed by atoms with Crippen LogP contribution in [-0.4, -0.2) is 86.1 Å². The molecule has 2 N–H and O–H groups in total. The van der Waals surface area contributed by atoms with E-state index < -0.39 is 5.82 Å². The Labute approximate surface area is 170 Å². The molecule has 0 amide bonds. The average Bonchev–Trinajstić information content (AvgIpc) is 3.02. The highest BCUT2D eigenvalue weighted by Gasteiger charge is 2.35. The van der Waals surface area contributed by atoms with Crippen LogP contribution < -0.4 is 10.5 Å². The smallest absolute Gasteiger partial charge is 0.246 e. The van der Waals surface area contributed by atoms with Crippen LogP contribution in [0.25, 0.3) is 0 Å². The molecule has 0 radical (unpaired) electrons. The highest BCUT2D eigenvalue weighted by atomic mass is 19.1. The number of fused-ring (bicyclic) bond motifs is 1. The van der Waals surface area contributed by atoms with Gasteiger partial charge in [0.25, 0.3) is 0 Å². The minimum absolute atomic E-state index is 0.0768. The molecule has 0 aromatic heterocycles. The zero-order valence-corrected chi connectivity index (χ0v) is 16.8. The largest absolute Gasteiger partial charge is 0.434 e. The minimum atomic E-state index is -0.530. The van der Waals surface area contributed by atoms with E-state index in [9.17, 15) is 4.39 Å². The minimum Gasteiger partial charge on any atom is -0.434 e. The molecule has 1 fully saturated rings. The van der Waals surface area contributed by atoms with Crippen LogP contribution in [0.1, 0.15) is 6.92 Å². The number of hydrazone groups is 1. The van der Waals surface area contributed by atoms with Gasteiger partial charge in [0.2, 0.25) is 5.90 Å². The lowest BCUT2D eigenvalue weighted by Gasteiger charge is -2.32. The second-order valence-corrected chi connectivity index (χ2v) is 7.58. The van der Waals surface area contributed by atoms with E-state index in [4.69, 9.17) is 15.2 Å². The second-order valence-electron chi connectivity index (χ2n) is 7.58. The molecule has 9 heteroatoms. The van der Waals surface area contributed by atoms with Crippen LogP contribution in [0.5, 0.6) is 5.75 Å². The van der Waals surface area contributed by atoms with Crippen molar-refractivity contribution in [3.05, 3.63) is 35.3 Å². The number of benzene rings is 1. The molecule has 3 aliphatic rings. The van der Waals surface area contributed by atoms with Crippen LogP contribution in [-0.2, 0) is 4.74 Å². The molecular formula is C20H27FN6O2. The van der Waals surface area contributed by atoms with Crippen molar-refractivity contribution < 1.29 is 13.9 Å². The van der Waals surface area contributed by atoms with Gasteiger partial charge in [0, 0.05) is 44.5 Å². The third kappa shape index (κ3) is 4.42. The number of nitrogen functional groups attached to an aromatic ring is 1. The lowest BCUT2D eigenvalue weighted by atomic mass is 10.2. The number of aliphatic imine (C=N–C) groups is 1. The molecule has 0 spiro atoms. The van der Waals surface area contributed by atoms with Crippen molar-refractivity contribution in [3.63, 3.8) is 0 Å². The Morgan fingerprint density at radius 1 is 1.24 bits per heavy atom. The molecule has 1 aromatic carbocycles. The first kappa shape index (κ1) is 19.8. The van der Waals surface area contributed by atoms with Gasteiger partial charge in [-0.15, -0.1) is 0 Å². The lowest BCUT2D eigenvalue weighted by molar-refractivity contribution is 0.0438. The van der Waals surface area contributed by atoms with Gasteiger partial charge >= 0.3 is 0 Å². The van der Waals surface area contributed by atoms with Crippen molar-refractivity contribution in [2.24, 2.45) is 10.1 Å². The number of piperazine rings is 1. The van der Waals surface area contributed by atoms with Gasteiger partial charge in [0.15, 0.2) is 11.6 Å². The predicted molar refractivity (Wildman–Crippen MR) is 110 cm³/mol. The van der Waals surface area contributed by atoms with Crippen LogP contribution >= 0.6 is 0 Å². The number of hydrogen-bond acceptors (Lipinski definition) is 8. The van der Waals surface area contributed by atoms with Crippen molar-refractivity contribution in [2.45, 2.75) is 13.0 Å². The maximum Gasteiger partial charge on any atom is 0.246 e. The Hall–Kier alpha value is -2.49. The van der Waals surface area contributed by atoms with Crippen molar-refractivity contribution in [3.8, 4) is 5.75 Å². The third-order valence-electron chi connectivity index (χ3n) is 5.51. The van der Waals surface area contributed by atoms with Crippen molar-refractivity contribution >= 4 is 17.9 Å². The molecule has 3 aliphatic heterocycles. The van der Waals surface area contributed by atoms with Gasteiger partial charge in [-0.2, -0.15) is 10.1 Å². The van der Waals surface area contributed by atoms with Crippen LogP contribution in [0, 0.1) is 5.82 Å². The molecular weight excluding hydrogens is 375 g/mol. The number of rotatable bonds is 5. The second kappa shape index (κ2) is 8.48. The standard InChI is InChI=1S/C20H27FN6O2/c1-14-18(28-10-9-26-7-5-25(2)6-8-26)12-27-19(14)20(23-13-24-27)29-17-4-3-15(22)11-16(17)21/h3-4,11,13,18H,5-10,12,22H2,1-2H3. The number of nitrogens with zero attached hydrogens (tertiary/aromatic N) is 5. The molecule has 0 bridgehead atoms. The summed E-state index contributed by atoms with van der Waals surface area (Å²) in [5.74, 6) is -0.141. The molecule has 156 valence electrons. The Kier molecular flexibility index (Phi) is 5.79. The lowest BCUT2D eigenvalue weighted by Crippen LogP contribution is -2.45. The number of anilines is 1. The zero-order chi connectivity index (χ0) is 20.4. The van der Waals surface area contributed by atoms with Gasteiger partial charge < -0.3 is 20.1 Å². The maximum atomic E-state index is 14.1. The van der Waals surface area contributed by atoms with E-state index in [2.05, 4.69) is 26.9 Å². The first-order valence-corrected chi connectivity index (χ1v) is 9.85. The molecule has 8 nitrogen and oxygen atoms in total. The van der Waals surface area contributed by atoms with Crippen LogP contribution in [0.2, 0.25) is 0 Å². The molecule has 0 saturated carbocycles. The Morgan fingerprint density at radius 3 is 2.79 bits per heavy atom. The van der Waals surface area contributed by atoms with Gasteiger partial charge in [0.1, 0.15) is 18.1 Å². The molecule has 1 saturated heterocycles. The van der Waals surface area contributed by atoms with Crippen molar-refractivity contribution in [1.29, 1.82) is 0 Å². The number of ether oxygens (including phenoxy) is 2. The summed E-state index contributed by atoms with van der Waals surface area (Å²) in [7, 11) is 2.15. The predicted octanol–water partition coefficient (Wildman–Crippen LogP) is 1.36. The number of hydrogen-bond donors (Lipinski definition) is 1. The number of halogens is 1. The SMILES string of the molecule is CC1=C2C(Oc3ccc(N)cc3F)=NC=NN2CC1OCCN1CCN(C)CC1. The van der Waals surface area contributed by atoms with Gasteiger partial charge in [-0.05, 0) is 31.7 Å². The van der Waals surface area contributed by atoms with Crippen LogP contribution in [0.4, 0.5) is 10.1 Å². The summed E-state index contributed by atoms with van der Waals surface area (Å²) in [5, 5.41) is 6.10. The molecule has 0 aliphatic carbocycles. The summed E-state index contributed by atoms with van der Waals surface area (Å²) in [5.41, 5.74) is 7.66. The van der Waals surface area contributed by atoms with E-state index in [-0.39, 0.29) is 11.9 Å². The third-order valence-corrected chi connectivity index (χ3v) is 5.51. The Bertz CT molecular complexity index is 847. The van der Waals surface area contributed by atoms with E-state index in [0.29, 0.717) is 24.7 Å². The molecule has 3 heterocycles. The molecule has 29 heavy (non-hydrogen) atoms. The highest BCUT2D eigenvalue weighted by molar-refractivity contribution is 6.01. The topological polar surface area (TPSA) is 78.9 Å². The average molecular weight is 402 g/mol. The fourth-order valence-corrected chi connectivity index (χ4v) is 3.68. The summed E-state index contributed by atoms with van der Waals surface area (Å²) in [6.45, 7) is 8.45. The first-order valence-electron chi connectivity index (χ1n) is 9.85. The summed E-state index contributed by atoms with van der Waals surface area (Å²) in [6.07, 6.45) is 1.31. The molecule has 1 aromatic rings. The number of likely N-dealkylation sites (N-methyl/N-ethyl adjacent to an activating group) is 1. The summed E-state index contributed by atoms with van der Waals surface area (Å²) in [4.78, 5) is 8.97. The summed E-state index contributed by atoms with van der Waals surface area (Å²) in [6, 6.07) is 4.32. The van der Waals surface area contributed by atoms with Gasteiger partial charge in [0.05, 0.1) is 13.2 Å². The molecule has 1 atom stereocenters. The van der Waals surface area contributed by atoms with E-state index >= 15 is 0 Å². The maximum absolute atomic E-state index is 14.1. The monoisotopic (exact) mass is 402 g/mol. The molecule has 4 rings (SSSR count). The first-order chi connectivity index (χ1) is 14.0. The van der Waals surface area contributed by atoms with E-state index in [1.54, 1.807) is 11.1 Å². The number of nitrogens with two attached hydrogens (primary N) is 1. The summed E-state index contributed by atoms with van der Waals surface area (Å²) >= 11 is 0. The Balaban J connectivity index is 1.39. The van der Waals surface area contributed by atoms with Crippen molar-refractivity contribution in [2.75, 3.05) is 58.7 Å². The zero-order valence-electron chi connectivity index (χ0n) is 16.8. The quantitative estimate of drug-likeness (QED) is 0.750. The van der Waals surface area contributed by atoms with Gasteiger partial charge in [-0.1, -0.05) is 0 Å². The highest BCUT2D eigenvalue weighted by Crippen LogP contribution is 2.30. The van der Waals surface area contributed by atoms with E-state index in [1.165, 1.54) is 18.5 Å². The van der Waals surface area contributed by atoms with E-state index in [1.807, 2.05) is 6.92 Å². The van der Waals surface area contributed by atoms with E-state index in [0.717, 1.165) is 44.0 Å². The fourth-order valence-electron chi connectivity index (χ4n) is 3.68. The fraction of sp³-hybridized carbons (Fsp3) is 0.500. The Morgan fingerprint density at radius 2 is 2.03 bits per heavy atom. The molecule has 1 unspecified atom stereocenters. The van der Waals surface area contributed by atoms with Crippen molar-refractivity contribution in [1.82, 2.24) is 14.8 Å². The normalized spacial score (nSPS) is 22.8. The summed E-state index contributed by atoms with van der Waals surface area (Å²) < 4.78 is 26.0. The van der Waals surface area contributed by atoms with Crippen LogP contribution in [0.3, 0.4) is 0 Å². The van der Waals surface area contributed by atoms with Gasteiger partial charge in [-0.25, -0.2) is 4.39 Å². The van der Waals surface area contributed by atoms with Crippen LogP contribution in [0.15, 0.2) is 39.6 Å². The van der Waals surface area contributed by atoms with Gasteiger partial charge in [-0.3, -0.25) is 9.91 Å².